The number of halogens is 1. The maximum atomic E-state index is 9.98. The molecule has 0 saturated heterocycles. The average molecular weight is 314 g/mol. The van der Waals surface area contributed by atoms with Gasteiger partial charge in [-0.3, -0.25) is 0 Å². The molecular weight excluding hydrogens is 298 g/mol. The van der Waals surface area contributed by atoms with E-state index >= 15 is 0 Å². The molecule has 1 atom stereocenters. The first-order chi connectivity index (χ1) is 9.19. The molecule has 0 radical (unpaired) electrons. The molecule has 1 unspecified atom stereocenters. The van der Waals surface area contributed by atoms with Crippen molar-refractivity contribution in [2.75, 3.05) is 12.8 Å². The third-order valence-corrected chi connectivity index (χ3v) is 4.82. The molecule has 1 aromatic carbocycles. The Kier molecular flexibility index (Phi) is 5.73. The predicted octanol–water partition coefficient (Wildman–Crippen LogP) is 3.95. The standard InChI is InChI=1S/C14H16ClNOS2/c1-18-11-4-2-10(3-5-11)8-16-9-12(17)13-6-7-14(15)19-13/h2-7,12,16-17H,8-9H2,1H3. The molecule has 0 amide bonds. The third kappa shape index (κ3) is 4.51. The molecule has 0 bridgehead atoms. The van der Waals surface area contributed by atoms with Crippen molar-refractivity contribution in [3.63, 3.8) is 0 Å². The zero-order valence-corrected chi connectivity index (χ0v) is 13.0. The van der Waals surface area contributed by atoms with Gasteiger partial charge in [0.15, 0.2) is 0 Å². The second-order valence-electron chi connectivity index (χ2n) is 4.14. The molecule has 2 nitrogen and oxygen atoms in total. The number of hydrogen-bond donors (Lipinski definition) is 2. The molecule has 2 aromatic rings. The van der Waals surface area contributed by atoms with E-state index in [0.717, 1.165) is 11.4 Å². The minimum atomic E-state index is -0.497. The van der Waals surface area contributed by atoms with E-state index in [1.807, 2.05) is 12.1 Å². The zero-order valence-electron chi connectivity index (χ0n) is 10.6. The van der Waals surface area contributed by atoms with Crippen molar-refractivity contribution in [1.82, 2.24) is 5.32 Å². The molecule has 0 aliphatic carbocycles. The Morgan fingerprint density at radius 2 is 2.00 bits per heavy atom. The van der Waals surface area contributed by atoms with Crippen molar-refractivity contribution >= 4 is 34.7 Å². The van der Waals surface area contributed by atoms with Crippen LogP contribution in [0, 0.1) is 0 Å². The molecule has 0 saturated carbocycles. The molecule has 0 aliphatic heterocycles. The van der Waals surface area contributed by atoms with Crippen LogP contribution >= 0.6 is 34.7 Å². The second kappa shape index (κ2) is 7.31. The van der Waals surface area contributed by atoms with Crippen LogP contribution in [0.4, 0.5) is 0 Å². The molecule has 102 valence electrons. The van der Waals surface area contributed by atoms with Crippen LogP contribution in [0.5, 0.6) is 0 Å². The number of benzene rings is 1. The molecule has 0 aliphatic rings. The summed E-state index contributed by atoms with van der Waals surface area (Å²) in [7, 11) is 0. The van der Waals surface area contributed by atoms with Gasteiger partial charge in [-0.1, -0.05) is 23.7 Å². The zero-order chi connectivity index (χ0) is 13.7. The molecule has 2 rings (SSSR count). The first-order valence-corrected chi connectivity index (χ1v) is 8.38. The lowest BCUT2D eigenvalue weighted by molar-refractivity contribution is 0.178. The fraction of sp³-hybridized carbons (Fsp3) is 0.286. The quantitative estimate of drug-likeness (QED) is 0.792. The van der Waals surface area contributed by atoms with Gasteiger partial charge in [-0.15, -0.1) is 23.1 Å². The van der Waals surface area contributed by atoms with E-state index < -0.39 is 6.10 Å². The van der Waals surface area contributed by atoms with Gasteiger partial charge >= 0.3 is 0 Å². The van der Waals surface area contributed by atoms with Crippen LogP contribution in [-0.4, -0.2) is 17.9 Å². The summed E-state index contributed by atoms with van der Waals surface area (Å²) in [5, 5.41) is 13.2. The fourth-order valence-corrected chi connectivity index (χ4v) is 3.16. The number of aliphatic hydroxyl groups excluding tert-OH is 1. The Hall–Kier alpha value is -0.520. The number of aliphatic hydroxyl groups is 1. The van der Waals surface area contributed by atoms with Crippen LogP contribution in [-0.2, 0) is 6.54 Å². The first-order valence-electron chi connectivity index (χ1n) is 5.96. The van der Waals surface area contributed by atoms with Gasteiger partial charge in [0.25, 0.3) is 0 Å². The number of nitrogens with one attached hydrogen (secondary N) is 1. The van der Waals surface area contributed by atoms with Gasteiger partial charge in [0.1, 0.15) is 6.10 Å². The molecule has 19 heavy (non-hydrogen) atoms. The van der Waals surface area contributed by atoms with Gasteiger partial charge in [0, 0.05) is 22.9 Å². The van der Waals surface area contributed by atoms with Gasteiger partial charge in [-0.25, -0.2) is 0 Å². The molecule has 1 heterocycles. The van der Waals surface area contributed by atoms with Crippen molar-refractivity contribution < 1.29 is 5.11 Å². The van der Waals surface area contributed by atoms with E-state index in [4.69, 9.17) is 11.6 Å². The minimum Gasteiger partial charge on any atom is -0.386 e. The summed E-state index contributed by atoms with van der Waals surface area (Å²) in [5.74, 6) is 0. The largest absolute Gasteiger partial charge is 0.386 e. The van der Waals surface area contributed by atoms with Gasteiger partial charge < -0.3 is 10.4 Å². The summed E-state index contributed by atoms with van der Waals surface area (Å²) in [5.41, 5.74) is 1.22. The molecule has 2 N–H and O–H groups in total. The first kappa shape index (κ1) is 14.9. The van der Waals surface area contributed by atoms with Crippen LogP contribution in [0.3, 0.4) is 0 Å². The highest BCUT2D eigenvalue weighted by molar-refractivity contribution is 7.98. The Morgan fingerprint density at radius 3 is 2.58 bits per heavy atom. The van der Waals surface area contributed by atoms with Crippen molar-refractivity contribution in [3.8, 4) is 0 Å². The van der Waals surface area contributed by atoms with E-state index in [2.05, 4.69) is 35.8 Å². The van der Waals surface area contributed by atoms with E-state index in [1.54, 1.807) is 11.8 Å². The van der Waals surface area contributed by atoms with Crippen LogP contribution < -0.4 is 5.32 Å². The number of hydrogen-bond acceptors (Lipinski definition) is 4. The lowest BCUT2D eigenvalue weighted by Crippen LogP contribution is -2.20. The van der Waals surface area contributed by atoms with Crippen molar-refractivity contribution in [1.29, 1.82) is 0 Å². The van der Waals surface area contributed by atoms with E-state index in [-0.39, 0.29) is 0 Å². The smallest absolute Gasteiger partial charge is 0.101 e. The van der Waals surface area contributed by atoms with E-state index in [1.165, 1.54) is 21.8 Å². The van der Waals surface area contributed by atoms with Gasteiger partial charge in [-0.05, 0) is 36.1 Å². The third-order valence-electron chi connectivity index (χ3n) is 2.75. The normalized spacial score (nSPS) is 12.6. The van der Waals surface area contributed by atoms with E-state index in [9.17, 15) is 5.11 Å². The van der Waals surface area contributed by atoms with E-state index in [0.29, 0.717) is 10.9 Å². The highest BCUT2D eigenvalue weighted by Gasteiger charge is 2.09. The highest BCUT2D eigenvalue weighted by atomic mass is 35.5. The van der Waals surface area contributed by atoms with Crippen LogP contribution in [0.2, 0.25) is 4.34 Å². The number of rotatable bonds is 6. The van der Waals surface area contributed by atoms with Gasteiger partial charge in [-0.2, -0.15) is 0 Å². The average Bonchev–Trinajstić information content (AvgIpc) is 2.86. The predicted molar refractivity (Wildman–Crippen MR) is 84.2 cm³/mol. The Labute approximate surface area is 126 Å². The molecular formula is C14H16ClNOS2. The SMILES string of the molecule is CSc1ccc(CNCC(O)c2ccc(Cl)s2)cc1. The Bertz CT molecular complexity index is 512. The maximum absolute atomic E-state index is 9.98. The summed E-state index contributed by atoms with van der Waals surface area (Å²) in [6.45, 7) is 1.28. The van der Waals surface area contributed by atoms with Gasteiger partial charge in [0.2, 0.25) is 0 Å². The lowest BCUT2D eigenvalue weighted by Gasteiger charge is -2.10. The summed E-state index contributed by atoms with van der Waals surface area (Å²) >= 11 is 9.00. The van der Waals surface area contributed by atoms with Crippen LogP contribution in [0.25, 0.3) is 0 Å². The summed E-state index contributed by atoms with van der Waals surface area (Å²) < 4.78 is 0.710. The maximum Gasteiger partial charge on any atom is 0.101 e. The summed E-state index contributed by atoms with van der Waals surface area (Å²) in [4.78, 5) is 2.16. The lowest BCUT2D eigenvalue weighted by atomic mass is 10.2. The molecule has 0 fully saturated rings. The van der Waals surface area contributed by atoms with Crippen LogP contribution in [0.15, 0.2) is 41.3 Å². The van der Waals surface area contributed by atoms with Crippen LogP contribution in [0.1, 0.15) is 16.5 Å². The molecule has 0 spiro atoms. The summed E-state index contributed by atoms with van der Waals surface area (Å²) in [6.07, 6.45) is 1.57. The number of thioether (sulfide) groups is 1. The topological polar surface area (TPSA) is 32.3 Å². The van der Waals surface area contributed by atoms with Gasteiger partial charge in [0.05, 0.1) is 4.34 Å². The number of thiophene rings is 1. The van der Waals surface area contributed by atoms with Crippen molar-refractivity contribution in [2.45, 2.75) is 17.5 Å². The highest BCUT2D eigenvalue weighted by Crippen LogP contribution is 2.26. The molecule has 1 aromatic heterocycles. The summed E-state index contributed by atoms with van der Waals surface area (Å²) in [6, 6.07) is 12.1. The Balaban J connectivity index is 1.79. The monoisotopic (exact) mass is 313 g/mol. The van der Waals surface area contributed by atoms with Crippen molar-refractivity contribution in [2.24, 2.45) is 0 Å². The second-order valence-corrected chi connectivity index (χ2v) is 6.76. The minimum absolute atomic E-state index is 0.497. The fourth-order valence-electron chi connectivity index (χ4n) is 1.70. The van der Waals surface area contributed by atoms with Crippen molar-refractivity contribution in [3.05, 3.63) is 51.2 Å². The molecule has 5 heteroatoms. The Morgan fingerprint density at radius 1 is 1.26 bits per heavy atom.